The van der Waals surface area contributed by atoms with Crippen molar-refractivity contribution < 1.29 is 4.79 Å². The number of anilines is 1. The van der Waals surface area contributed by atoms with Crippen LogP contribution in [0.15, 0.2) is 60.8 Å². The predicted octanol–water partition coefficient (Wildman–Crippen LogP) is 3.60. The zero-order valence-corrected chi connectivity index (χ0v) is 11.6. The van der Waals surface area contributed by atoms with Gasteiger partial charge in [0.05, 0.1) is 11.7 Å². The molecule has 3 aromatic rings. The van der Waals surface area contributed by atoms with Crippen molar-refractivity contribution in [2.45, 2.75) is 12.8 Å². The molecule has 4 rings (SSSR count). The number of hydrogen-bond donors (Lipinski definition) is 2. The van der Waals surface area contributed by atoms with Crippen LogP contribution in [0.3, 0.4) is 0 Å². The molecule has 21 heavy (non-hydrogen) atoms. The van der Waals surface area contributed by atoms with Gasteiger partial charge in [0, 0.05) is 17.0 Å². The number of H-pyrrole nitrogens is 1. The van der Waals surface area contributed by atoms with Gasteiger partial charge in [0.1, 0.15) is 0 Å². The highest BCUT2D eigenvalue weighted by Gasteiger charge is 2.29. The number of fused-ring (bicyclic) bond motifs is 1. The Hall–Kier alpha value is -2.62. The first-order valence-corrected chi connectivity index (χ1v) is 7.07. The van der Waals surface area contributed by atoms with Crippen molar-refractivity contribution in [1.29, 1.82) is 0 Å². The van der Waals surface area contributed by atoms with E-state index in [0.29, 0.717) is 0 Å². The highest BCUT2D eigenvalue weighted by Crippen LogP contribution is 2.30. The van der Waals surface area contributed by atoms with Crippen LogP contribution in [0.2, 0.25) is 0 Å². The lowest BCUT2D eigenvalue weighted by molar-refractivity contribution is -0.117. The second kappa shape index (κ2) is 6.22. The van der Waals surface area contributed by atoms with Crippen molar-refractivity contribution in [3.8, 4) is 0 Å². The number of aromatic nitrogens is 2. The number of amides is 1. The van der Waals surface area contributed by atoms with E-state index in [2.05, 4.69) is 15.5 Å². The number of nitrogens with zero attached hydrogens (tertiary/aromatic N) is 1. The molecule has 106 valence electrons. The average molecular weight is 279 g/mol. The standard InChI is InChI=1S/C10H11NO.C7H6N2/c12-10(8-6-7-8)11-9-4-2-1-3-5-9;1-2-4-7-6(3-1)5-8-9-7/h1-5,8H,6-7H2,(H,11,12);1-5H,(H,8,9). The van der Waals surface area contributed by atoms with Gasteiger partial charge in [-0.05, 0) is 31.0 Å². The first-order chi connectivity index (χ1) is 10.3. The molecule has 0 atom stereocenters. The van der Waals surface area contributed by atoms with E-state index in [-0.39, 0.29) is 11.8 Å². The molecule has 1 amide bonds. The molecule has 1 heterocycles. The summed E-state index contributed by atoms with van der Waals surface area (Å²) in [5.74, 6) is 0.450. The third kappa shape index (κ3) is 3.69. The normalized spacial score (nSPS) is 13.3. The lowest BCUT2D eigenvalue weighted by Gasteiger charge is -2.01. The number of rotatable bonds is 2. The summed E-state index contributed by atoms with van der Waals surface area (Å²) in [6, 6.07) is 17.6. The lowest BCUT2D eigenvalue weighted by Crippen LogP contribution is -2.12. The van der Waals surface area contributed by atoms with Crippen LogP contribution in [0, 0.1) is 5.92 Å². The van der Waals surface area contributed by atoms with E-state index >= 15 is 0 Å². The maximum absolute atomic E-state index is 11.3. The zero-order valence-electron chi connectivity index (χ0n) is 11.6. The fourth-order valence-electron chi connectivity index (χ4n) is 1.99. The van der Waals surface area contributed by atoms with Gasteiger partial charge in [-0.2, -0.15) is 5.10 Å². The Labute approximate surface area is 123 Å². The van der Waals surface area contributed by atoms with Crippen molar-refractivity contribution >= 4 is 22.5 Å². The molecule has 1 aliphatic rings. The van der Waals surface area contributed by atoms with Crippen LogP contribution in [0.1, 0.15) is 12.8 Å². The summed E-state index contributed by atoms with van der Waals surface area (Å²) in [6.07, 6.45) is 3.92. The molecule has 0 unspecified atom stereocenters. The molecular weight excluding hydrogens is 262 g/mol. The SMILES string of the molecule is O=C(Nc1ccccc1)C1CC1.c1ccc2[nH]ncc2c1. The molecule has 0 saturated heterocycles. The van der Waals surface area contributed by atoms with Crippen molar-refractivity contribution in [2.75, 3.05) is 5.32 Å². The lowest BCUT2D eigenvalue weighted by atomic mass is 10.3. The van der Waals surface area contributed by atoms with Crippen LogP contribution < -0.4 is 5.32 Å². The number of carbonyl (C=O) groups is 1. The first-order valence-electron chi connectivity index (χ1n) is 7.07. The highest BCUT2D eigenvalue weighted by atomic mass is 16.2. The quantitative estimate of drug-likeness (QED) is 0.753. The predicted molar refractivity (Wildman–Crippen MR) is 83.9 cm³/mol. The van der Waals surface area contributed by atoms with Crippen molar-refractivity contribution in [1.82, 2.24) is 10.2 Å². The maximum atomic E-state index is 11.3. The van der Waals surface area contributed by atoms with E-state index in [4.69, 9.17) is 0 Å². The molecule has 1 saturated carbocycles. The van der Waals surface area contributed by atoms with Gasteiger partial charge in [-0.1, -0.05) is 36.4 Å². The van der Waals surface area contributed by atoms with E-state index in [1.165, 1.54) is 0 Å². The summed E-state index contributed by atoms with van der Waals surface area (Å²) in [5, 5.41) is 10.8. The Balaban J connectivity index is 0.000000131. The van der Waals surface area contributed by atoms with Gasteiger partial charge >= 0.3 is 0 Å². The van der Waals surface area contributed by atoms with Gasteiger partial charge < -0.3 is 5.32 Å². The van der Waals surface area contributed by atoms with Crippen LogP contribution in [-0.4, -0.2) is 16.1 Å². The summed E-state index contributed by atoms with van der Waals surface area (Å²) in [7, 11) is 0. The molecule has 2 aromatic carbocycles. The largest absolute Gasteiger partial charge is 0.326 e. The van der Waals surface area contributed by atoms with E-state index < -0.39 is 0 Å². The second-order valence-electron chi connectivity index (χ2n) is 5.09. The fourth-order valence-corrected chi connectivity index (χ4v) is 1.99. The van der Waals surface area contributed by atoms with Gasteiger partial charge in [0.2, 0.25) is 5.91 Å². The van der Waals surface area contributed by atoms with Gasteiger partial charge in [0.25, 0.3) is 0 Å². The summed E-state index contributed by atoms with van der Waals surface area (Å²) >= 11 is 0. The molecule has 0 aliphatic heterocycles. The number of aromatic amines is 1. The molecule has 0 bridgehead atoms. The van der Waals surface area contributed by atoms with E-state index in [0.717, 1.165) is 29.4 Å². The van der Waals surface area contributed by atoms with E-state index in [9.17, 15) is 4.79 Å². The Morgan fingerprint density at radius 1 is 1.05 bits per heavy atom. The maximum Gasteiger partial charge on any atom is 0.227 e. The summed E-state index contributed by atoms with van der Waals surface area (Å²) in [5.41, 5.74) is 1.99. The van der Waals surface area contributed by atoms with Crippen LogP contribution in [-0.2, 0) is 4.79 Å². The summed E-state index contributed by atoms with van der Waals surface area (Å²) in [4.78, 5) is 11.3. The molecule has 1 aromatic heterocycles. The summed E-state index contributed by atoms with van der Waals surface area (Å²) in [6.45, 7) is 0. The van der Waals surface area contributed by atoms with Crippen LogP contribution in [0.5, 0.6) is 0 Å². The van der Waals surface area contributed by atoms with Crippen LogP contribution in [0.25, 0.3) is 10.9 Å². The molecule has 1 aliphatic carbocycles. The minimum absolute atomic E-state index is 0.168. The van der Waals surface area contributed by atoms with Crippen molar-refractivity contribution in [3.63, 3.8) is 0 Å². The Bertz CT molecular complexity index is 687. The first kappa shape index (κ1) is 13.4. The number of carbonyl (C=O) groups excluding carboxylic acids is 1. The minimum atomic E-state index is 0.168. The molecule has 0 spiro atoms. The minimum Gasteiger partial charge on any atom is -0.326 e. The van der Waals surface area contributed by atoms with Crippen LogP contribution >= 0.6 is 0 Å². The van der Waals surface area contributed by atoms with Crippen molar-refractivity contribution in [2.24, 2.45) is 5.92 Å². The van der Waals surface area contributed by atoms with E-state index in [1.807, 2.05) is 60.8 Å². The zero-order chi connectivity index (χ0) is 14.5. The van der Waals surface area contributed by atoms with Gasteiger partial charge in [-0.3, -0.25) is 9.89 Å². The number of hydrogen-bond acceptors (Lipinski definition) is 2. The Morgan fingerprint density at radius 3 is 2.48 bits per heavy atom. The Morgan fingerprint density at radius 2 is 1.76 bits per heavy atom. The third-order valence-electron chi connectivity index (χ3n) is 3.34. The fraction of sp³-hybridized carbons (Fsp3) is 0.176. The Kier molecular flexibility index (Phi) is 3.96. The number of benzene rings is 2. The van der Waals surface area contributed by atoms with E-state index in [1.54, 1.807) is 0 Å². The van der Waals surface area contributed by atoms with Gasteiger partial charge in [-0.25, -0.2) is 0 Å². The summed E-state index contributed by atoms with van der Waals surface area (Å²) < 4.78 is 0. The number of nitrogens with one attached hydrogen (secondary N) is 2. The smallest absolute Gasteiger partial charge is 0.227 e. The molecule has 0 radical (unpaired) electrons. The molecule has 1 fully saturated rings. The average Bonchev–Trinajstić information content (AvgIpc) is 3.27. The van der Waals surface area contributed by atoms with Crippen LogP contribution in [0.4, 0.5) is 5.69 Å². The number of para-hydroxylation sites is 2. The topological polar surface area (TPSA) is 57.8 Å². The molecule has 4 heteroatoms. The van der Waals surface area contributed by atoms with Gasteiger partial charge in [0.15, 0.2) is 0 Å². The van der Waals surface area contributed by atoms with Crippen molar-refractivity contribution in [3.05, 3.63) is 60.8 Å². The van der Waals surface area contributed by atoms with Gasteiger partial charge in [-0.15, -0.1) is 0 Å². The molecular formula is C17H17N3O. The highest BCUT2D eigenvalue weighted by molar-refractivity contribution is 5.93. The monoisotopic (exact) mass is 279 g/mol. The third-order valence-corrected chi connectivity index (χ3v) is 3.34. The molecule has 2 N–H and O–H groups in total. The second-order valence-corrected chi connectivity index (χ2v) is 5.09. The molecule has 4 nitrogen and oxygen atoms in total.